The van der Waals surface area contributed by atoms with Crippen molar-refractivity contribution in [2.24, 2.45) is 11.3 Å². The Bertz CT molecular complexity index is 820. The number of aryl methyl sites for hydroxylation is 1. The Labute approximate surface area is 154 Å². The topological polar surface area (TPSA) is 64.4 Å². The molecule has 1 atom stereocenters. The quantitative estimate of drug-likeness (QED) is 0.813. The lowest BCUT2D eigenvalue weighted by Crippen LogP contribution is -2.27. The molecule has 146 valence electrons. The normalized spacial score (nSPS) is 17.3. The molecule has 1 aromatic carbocycles. The van der Waals surface area contributed by atoms with Crippen molar-refractivity contribution in [1.29, 1.82) is 0 Å². The Morgan fingerprint density at radius 2 is 1.89 bits per heavy atom. The number of halogens is 3. The minimum Gasteiger partial charge on any atom is -0.406 e. The molecule has 0 bridgehead atoms. The van der Waals surface area contributed by atoms with E-state index in [-0.39, 0.29) is 16.9 Å². The van der Waals surface area contributed by atoms with Crippen molar-refractivity contribution in [1.82, 2.24) is 5.16 Å². The summed E-state index contributed by atoms with van der Waals surface area (Å²) in [5.41, 5.74) is 1.50. The smallest absolute Gasteiger partial charge is 0.406 e. The number of hydrogen-bond acceptors (Lipinski definition) is 4. The van der Waals surface area contributed by atoms with Gasteiger partial charge in [-0.3, -0.25) is 4.79 Å². The summed E-state index contributed by atoms with van der Waals surface area (Å²) in [5.74, 6) is 0.343. The van der Waals surface area contributed by atoms with Crippen molar-refractivity contribution in [3.63, 3.8) is 0 Å². The molecule has 0 aliphatic heterocycles. The van der Waals surface area contributed by atoms with Gasteiger partial charge in [-0.1, -0.05) is 25.9 Å². The van der Waals surface area contributed by atoms with E-state index in [1.165, 1.54) is 12.1 Å². The minimum absolute atomic E-state index is 0.108. The summed E-state index contributed by atoms with van der Waals surface area (Å²) in [6.07, 6.45) is -2.33. The zero-order valence-electron chi connectivity index (χ0n) is 15.3. The molecule has 0 unspecified atom stereocenters. The predicted molar refractivity (Wildman–Crippen MR) is 92.6 cm³/mol. The van der Waals surface area contributed by atoms with Gasteiger partial charge in [0.15, 0.2) is 5.69 Å². The van der Waals surface area contributed by atoms with Crippen molar-refractivity contribution in [3.8, 4) is 5.75 Å². The van der Waals surface area contributed by atoms with Gasteiger partial charge in [0.1, 0.15) is 11.5 Å². The highest BCUT2D eigenvalue weighted by molar-refractivity contribution is 6.04. The summed E-state index contributed by atoms with van der Waals surface area (Å²) >= 11 is 0. The molecule has 3 rings (SSSR count). The molecule has 0 saturated heterocycles. The first-order valence-electron chi connectivity index (χ1n) is 8.67. The third kappa shape index (κ3) is 4.61. The molecule has 0 fully saturated rings. The van der Waals surface area contributed by atoms with Crippen molar-refractivity contribution in [2.45, 2.75) is 46.4 Å². The van der Waals surface area contributed by atoms with Crippen LogP contribution >= 0.6 is 0 Å². The highest BCUT2D eigenvalue weighted by atomic mass is 19.4. The Morgan fingerprint density at radius 3 is 2.48 bits per heavy atom. The SMILES string of the molecule is CC(C)(C)[C@H]1CCc2onc(C(=O)Nc3ccc(OC(F)(F)F)cc3)c2C1. The van der Waals surface area contributed by atoms with Crippen LogP contribution in [0.1, 0.15) is 49.0 Å². The zero-order chi connectivity index (χ0) is 19.8. The molecule has 0 saturated carbocycles. The number of anilines is 1. The van der Waals surface area contributed by atoms with E-state index in [9.17, 15) is 18.0 Å². The molecule has 27 heavy (non-hydrogen) atoms. The molecule has 1 aromatic heterocycles. The van der Waals surface area contributed by atoms with E-state index in [2.05, 4.69) is 36.0 Å². The number of carbonyl (C=O) groups is 1. The Balaban J connectivity index is 1.72. The third-order valence-electron chi connectivity index (χ3n) is 4.83. The van der Waals surface area contributed by atoms with Crippen LogP contribution < -0.4 is 10.1 Å². The number of carbonyl (C=O) groups excluding carboxylic acids is 1. The molecule has 1 N–H and O–H groups in total. The van der Waals surface area contributed by atoms with E-state index in [0.717, 1.165) is 36.3 Å². The summed E-state index contributed by atoms with van der Waals surface area (Å²) in [5, 5.41) is 6.56. The first-order chi connectivity index (χ1) is 12.5. The maximum Gasteiger partial charge on any atom is 0.573 e. The molecule has 5 nitrogen and oxygen atoms in total. The maximum absolute atomic E-state index is 12.6. The third-order valence-corrected chi connectivity index (χ3v) is 4.83. The van der Waals surface area contributed by atoms with Gasteiger partial charge in [0.05, 0.1) is 0 Å². The van der Waals surface area contributed by atoms with E-state index in [4.69, 9.17) is 4.52 Å². The predicted octanol–water partition coefficient (Wildman–Crippen LogP) is 4.98. The van der Waals surface area contributed by atoms with Crippen LogP contribution in [0.25, 0.3) is 0 Å². The van der Waals surface area contributed by atoms with Gasteiger partial charge in [0, 0.05) is 17.7 Å². The van der Waals surface area contributed by atoms with Crippen LogP contribution in [0.4, 0.5) is 18.9 Å². The number of fused-ring (bicyclic) bond motifs is 1. The summed E-state index contributed by atoms with van der Waals surface area (Å²) in [6.45, 7) is 6.50. The van der Waals surface area contributed by atoms with Crippen LogP contribution in [-0.4, -0.2) is 17.4 Å². The van der Waals surface area contributed by atoms with E-state index in [0.29, 0.717) is 18.0 Å². The molecule has 2 aromatic rings. The maximum atomic E-state index is 12.6. The van der Waals surface area contributed by atoms with Gasteiger partial charge in [-0.2, -0.15) is 0 Å². The van der Waals surface area contributed by atoms with Crippen LogP contribution in [0, 0.1) is 11.3 Å². The second kappa shape index (κ2) is 6.90. The van der Waals surface area contributed by atoms with Gasteiger partial charge in [-0.25, -0.2) is 0 Å². The number of nitrogens with one attached hydrogen (secondary N) is 1. The molecule has 8 heteroatoms. The average Bonchev–Trinajstić information content (AvgIpc) is 2.97. The Morgan fingerprint density at radius 1 is 1.22 bits per heavy atom. The minimum atomic E-state index is -4.76. The molecule has 1 amide bonds. The fourth-order valence-corrected chi connectivity index (χ4v) is 3.25. The molecule has 1 aliphatic rings. The van der Waals surface area contributed by atoms with Crippen LogP contribution in [0.15, 0.2) is 28.8 Å². The second-order valence-electron chi connectivity index (χ2n) is 7.76. The Hall–Kier alpha value is -2.51. The molecular formula is C19H21F3N2O3. The first-order valence-corrected chi connectivity index (χ1v) is 8.67. The van der Waals surface area contributed by atoms with Crippen LogP contribution in [0.3, 0.4) is 0 Å². The highest BCUT2D eigenvalue weighted by Gasteiger charge is 2.34. The summed E-state index contributed by atoms with van der Waals surface area (Å²) in [4.78, 5) is 12.6. The van der Waals surface area contributed by atoms with Gasteiger partial charge < -0.3 is 14.6 Å². The fraction of sp³-hybridized carbons (Fsp3) is 0.474. The largest absolute Gasteiger partial charge is 0.573 e. The number of nitrogens with zero attached hydrogens (tertiary/aromatic N) is 1. The molecule has 1 heterocycles. The van der Waals surface area contributed by atoms with Crippen LogP contribution in [-0.2, 0) is 12.8 Å². The average molecular weight is 382 g/mol. The monoisotopic (exact) mass is 382 g/mol. The van der Waals surface area contributed by atoms with Gasteiger partial charge in [-0.15, -0.1) is 13.2 Å². The molecule has 0 spiro atoms. The number of rotatable bonds is 3. The number of ether oxygens (including phenoxy) is 1. The number of benzene rings is 1. The van der Waals surface area contributed by atoms with Crippen LogP contribution in [0.2, 0.25) is 0 Å². The Kier molecular flexibility index (Phi) is 4.92. The summed E-state index contributed by atoms with van der Waals surface area (Å²) in [6, 6.07) is 4.95. The van der Waals surface area contributed by atoms with E-state index < -0.39 is 12.3 Å². The summed E-state index contributed by atoms with van der Waals surface area (Å²) < 4.78 is 45.7. The van der Waals surface area contributed by atoms with Crippen molar-refractivity contribution in [3.05, 3.63) is 41.3 Å². The van der Waals surface area contributed by atoms with Gasteiger partial charge in [-0.05, 0) is 48.4 Å². The molecule has 1 aliphatic carbocycles. The molecular weight excluding hydrogens is 361 g/mol. The lowest BCUT2D eigenvalue weighted by atomic mass is 9.71. The zero-order valence-corrected chi connectivity index (χ0v) is 15.3. The fourth-order valence-electron chi connectivity index (χ4n) is 3.25. The highest BCUT2D eigenvalue weighted by Crippen LogP contribution is 2.38. The first kappa shape index (κ1) is 19.3. The van der Waals surface area contributed by atoms with Crippen molar-refractivity contribution >= 4 is 11.6 Å². The standard InChI is InChI=1S/C19H21F3N2O3/c1-18(2,3)11-4-9-15-14(10-11)16(24-27-15)17(25)23-12-5-7-13(8-6-12)26-19(20,21)22/h5-8,11H,4,9-10H2,1-3H3,(H,23,25)/t11-/m0/s1. The lowest BCUT2D eigenvalue weighted by Gasteiger charge is -2.33. The number of hydrogen-bond donors (Lipinski definition) is 1. The van der Waals surface area contributed by atoms with Gasteiger partial charge in [0.25, 0.3) is 5.91 Å². The number of amides is 1. The van der Waals surface area contributed by atoms with E-state index in [1.54, 1.807) is 0 Å². The molecule has 0 radical (unpaired) electrons. The van der Waals surface area contributed by atoms with Gasteiger partial charge in [0.2, 0.25) is 0 Å². The van der Waals surface area contributed by atoms with Crippen molar-refractivity contribution < 1.29 is 27.2 Å². The van der Waals surface area contributed by atoms with Crippen LogP contribution in [0.5, 0.6) is 5.75 Å². The lowest BCUT2D eigenvalue weighted by molar-refractivity contribution is -0.274. The number of aromatic nitrogens is 1. The van der Waals surface area contributed by atoms with E-state index >= 15 is 0 Å². The summed E-state index contributed by atoms with van der Waals surface area (Å²) in [7, 11) is 0. The number of alkyl halides is 3. The second-order valence-corrected chi connectivity index (χ2v) is 7.76. The van der Waals surface area contributed by atoms with Crippen molar-refractivity contribution in [2.75, 3.05) is 5.32 Å². The van der Waals surface area contributed by atoms with Gasteiger partial charge >= 0.3 is 6.36 Å². The van der Waals surface area contributed by atoms with E-state index in [1.807, 2.05) is 0 Å².